The van der Waals surface area contributed by atoms with Crippen molar-refractivity contribution >= 4 is 54.6 Å². The zero-order chi connectivity index (χ0) is 61.5. The normalized spacial score (nSPS) is 12.4. The number of benzene rings is 11. The number of imidazole rings is 1. The third-order valence-corrected chi connectivity index (χ3v) is 18.7. The van der Waals surface area contributed by atoms with Crippen LogP contribution in [0.15, 0.2) is 243 Å². The van der Waals surface area contributed by atoms with E-state index in [0.29, 0.717) is 11.4 Å². The molecule has 17 rings (SSSR count). The van der Waals surface area contributed by atoms with Crippen molar-refractivity contribution in [3.8, 4) is 101 Å². The molecule has 14 bridgehead atoms. The monoisotopic (exact) mass is 1360 g/mol. The molecule has 0 radical (unpaired) electrons. The number of pyridine rings is 1. The van der Waals surface area contributed by atoms with Crippen LogP contribution >= 0.6 is 0 Å². The summed E-state index contributed by atoms with van der Waals surface area (Å²) in [6, 6.07) is 90.5. The number of aromatic nitrogens is 5. The van der Waals surface area contributed by atoms with Crippen molar-refractivity contribution in [1.29, 1.82) is 0 Å². The van der Waals surface area contributed by atoms with Crippen LogP contribution in [0.1, 0.15) is 79.0 Å². The van der Waals surface area contributed by atoms with Gasteiger partial charge < -0.3 is 14.2 Å². The molecule has 1 N–H and O–H groups in total. The summed E-state index contributed by atoms with van der Waals surface area (Å²) in [5.41, 5.74) is 24.7. The van der Waals surface area contributed by atoms with Gasteiger partial charge in [-0.3, -0.25) is 9.55 Å². The molecular weight excluding hydrogens is 1290 g/mol. The van der Waals surface area contributed by atoms with Crippen molar-refractivity contribution in [3.05, 3.63) is 266 Å². The van der Waals surface area contributed by atoms with E-state index in [4.69, 9.17) is 9.97 Å². The number of phenolic OH excluding ortho intramolecular Hbond substituents is 1. The number of para-hydroxylation sites is 5. The van der Waals surface area contributed by atoms with Crippen molar-refractivity contribution in [1.82, 2.24) is 23.7 Å². The minimum atomic E-state index is -0.383. The van der Waals surface area contributed by atoms with Crippen molar-refractivity contribution < 1.29 is 26.2 Å². The van der Waals surface area contributed by atoms with E-state index in [2.05, 4.69) is 319 Å². The van der Waals surface area contributed by atoms with Crippen LogP contribution in [0.4, 0.5) is 0 Å². The summed E-state index contributed by atoms with van der Waals surface area (Å²) < 4.78 is 7.21. The molecule has 2 aliphatic heterocycles. The summed E-state index contributed by atoms with van der Waals surface area (Å²) in [5.74, 6) is 0.880. The van der Waals surface area contributed by atoms with E-state index in [-0.39, 0.29) is 43.1 Å². The van der Waals surface area contributed by atoms with Crippen molar-refractivity contribution in [3.63, 3.8) is 0 Å². The number of nitrogens with zero attached hydrogens (tertiary/aromatic N) is 5. The molecule has 0 fully saturated rings. The molecule has 0 saturated heterocycles. The molecule has 0 spiro atoms. The summed E-state index contributed by atoms with van der Waals surface area (Å²) in [5, 5.41) is 17.7. The number of fused-ring (bicyclic) bond motifs is 6. The average molecular weight is 1360 g/mol. The van der Waals surface area contributed by atoms with Crippen LogP contribution in [0.3, 0.4) is 0 Å². The van der Waals surface area contributed by atoms with Gasteiger partial charge in [-0.1, -0.05) is 225 Å². The Morgan fingerprint density at radius 3 is 1.75 bits per heavy atom. The van der Waals surface area contributed by atoms with Gasteiger partial charge in [-0.05, 0) is 122 Å². The Bertz CT molecular complexity index is 5440. The summed E-state index contributed by atoms with van der Waals surface area (Å²) >= 11 is 0. The second kappa shape index (κ2) is 21.4. The number of aromatic hydroxyl groups is 1. The summed E-state index contributed by atoms with van der Waals surface area (Å²) in [6.07, 6.45) is 1.92. The van der Waals surface area contributed by atoms with E-state index < -0.39 is 0 Å². The SMILES string of the molecule is CC(C)(C)c1ccc2c(c1)-c1cccc(c1)-n1c3ccccc3c3ccc(cc31)-c1ccc(cc1)-c1cccc3c4ccccc4n(c13)-c1ccccc1-c1ccnc(c1)-c1[c-]c(ccc1)-c1cccc3c1nc(-c1cc(C(C)(C)C)cc(C(C)(C)C)c1O)n3-2.[Pt]. The number of rotatable bonds is 1. The van der Waals surface area contributed by atoms with Gasteiger partial charge in [0, 0.05) is 82.4 Å². The topological polar surface area (TPSA) is 60.8 Å². The number of phenols is 1. The molecule has 0 atom stereocenters. The molecule has 91 heavy (non-hydrogen) atoms. The van der Waals surface area contributed by atoms with Crippen LogP contribution < -0.4 is 0 Å². The van der Waals surface area contributed by atoms with Gasteiger partial charge in [-0.2, -0.15) is 0 Å². The predicted molar refractivity (Wildman–Crippen MR) is 376 cm³/mol. The van der Waals surface area contributed by atoms with Crippen molar-refractivity contribution in [2.24, 2.45) is 0 Å². The van der Waals surface area contributed by atoms with Gasteiger partial charge in [0.15, 0.2) is 0 Å². The second-order valence-electron chi connectivity index (χ2n) is 27.5. The Morgan fingerprint density at radius 1 is 0.374 bits per heavy atom. The minimum absolute atomic E-state index is 0. The van der Waals surface area contributed by atoms with Crippen LogP contribution in [0.5, 0.6) is 5.75 Å². The maximum absolute atomic E-state index is 13.0. The molecule has 0 unspecified atom stereocenters. The molecular formula is C84H68N5OPt-. The fourth-order valence-electron chi connectivity index (χ4n) is 14.0. The molecule has 15 aromatic rings. The molecule has 0 amide bonds. The predicted octanol–water partition coefficient (Wildman–Crippen LogP) is 22.0. The molecule has 446 valence electrons. The third kappa shape index (κ3) is 9.48. The Morgan fingerprint density at radius 2 is 0.967 bits per heavy atom. The molecule has 2 aliphatic rings. The van der Waals surface area contributed by atoms with Crippen molar-refractivity contribution in [2.45, 2.75) is 78.6 Å². The van der Waals surface area contributed by atoms with E-state index in [0.717, 1.165) is 128 Å². The maximum Gasteiger partial charge on any atom is 0.148 e. The number of hydrogen-bond donors (Lipinski definition) is 1. The Balaban J connectivity index is 0.00000689. The van der Waals surface area contributed by atoms with Crippen LogP contribution in [-0.4, -0.2) is 28.8 Å². The first kappa shape index (κ1) is 57.6. The van der Waals surface area contributed by atoms with Gasteiger partial charge >= 0.3 is 0 Å². The standard InChI is InChI=1S/C84H68N5O.Pt/c1-82(2,3)58-39-41-75-68(48-58)55-21-17-23-60(45-55)87-73-31-14-11-25-64(73)66-40-38-53(47-77(66)87)51-34-36-52(37-35-51)63-28-18-29-67-65-26-12-15-32-74(65)88(79(63)67)72-30-13-10-24-61(72)56-42-43-85-71(46-56)57-22-16-20-54(44-57)62-27-19-33-76-78(62)86-81(89(75)76)69-49-59(83(4,5)6)50-70(80(69)90)84(7,8)9;/h10-43,45-50,90H,1-9H3;/q-1;. The first-order valence-corrected chi connectivity index (χ1v) is 31.4. The Labute approximate surface area is 546 Å². The summed E-state index contributed by atoms with van der Waals surface area (Å²) in [6.45, 7) is 20.1. The van der Waals surface area contributed by atoms with Crippen LogP contribution in [-0.2, 0) is 37.3 Å². The first-order chi connectivity index (χ1) is 43.4. The smallest absolute Gasteiger partial charge is 0.148 e. The Hall–Kier alpha value is -9.87. The molecule has 0 saturated carbocycles. The van der Waals surface area contributed by atoms with E-state index in [9.17, 15) is 5.11 Å². The summed E-state index contributed by atoms with van der Waals surface area (Å²) in [7, 11) is 0. The molecule has 6 nitrogen and oxygen atoms in total. The fourth-order valence-corrected chi connectivity index (χ4v) is 14.0. The molecule has 6 heterocycles. The van der Waals surface area contributed by atoms with E-state index in [1.165, 1.54) is 27.1 Å². The number of hydrogen-bond acceptors (Lipinski definition) is 3. The Kier molecular flexibility index (Phi) is 13.5. The second-order valence-corrected chi connectivity index (χ2v) is 27.5. The van der Waals surface area contributed by atoms with Crippen LogP contribution in [0.2, 0.25) is 0 Å². The van der Waals surface area contributed by atoms with Gasteiger partial charge in [-0.15, -0.1) is 29.8 Å². The summed E-state index contributed by atoms with van der Waals surface area (Å²) in [4.78, 5) is 10.9. The van der Waals surface area contributed by atoms with Gasteiger partial charge in [0.1, 0.15) is 11.6 Å². The first-order valence-electron chi connectivity index (χ1n) is 31.4. The van der Waals surface area contributed by atoms with Gasteiger partial charge in [-0.25, -0.2) is 4.98 Å². The fraction of sp³-hybridized carbons (Fsp3) is 0.143. The van der Waals surface area contributed by atoms with Crippen molar-refractivity contribution in [2.75, 3.05) is 0 Å². The molecule has 11 aromatic carbocycles. The van der Waals surface area contributed by atoms with Gasteiger partial charge in [0.2, 0.25) is 0 Å². The van der Waals surface area contributed by atoms with E-state index in [1.54, 1.807) is 0 Å². The van der Waals surface area contributed by atoms with Crippen LogP contribution in [0.25, 0.3) is 150 Å². The van der Waals surface area contributed by atoms with E-state index in [1.807, 2.05) is 6.20 Å². The zero-order valence-electron chi connectivity index (χ0n) is 52.6. The largest absolute Gasteiger partial charge is 0.507 e. The zero-order valence-corrected chi connectivity index (χ0v) is 54.9. The third-order valence-electron chi connectivity index (χ3n) is 18.7. The quantitative estimate of drug-likeness (QED) is 0.167. The molecule has 4 aromatic heterocycles. The van der Waals surface area contributed by atoms with Gasteiger partial charge in [0.05, 0.1) is 50.0 Å². The van der Waals surface area contributed by atoms with Crippen LogP contribution in [0, 0.1) is 6.07 Å². The van der Waals surface area contributed by atoms with Gasteiger partial charge in [0.25, 0.3) is 0 Å². The molecule has 7 heteroatoms. The average Bonchev–Trinajstić information content (AvgIpc) is 1.64. The minimum Gasteiger partial charge on any atom is -0.507 e. The van der Waals surface area contributed by atoms with E-state index >= 15 is 0 Å². The maximum atomic E-state index is 13.0. The molecule has 0 aliphatic carbocycles.